The average Bonchev–Trinajstić information content (AvgIpc) is 2.72. The van der Waals surface area contributed by atoms with Gasteiger partial charge in [0.15, 0.2) is 0 Å². The summed E-state index contributed by atoms with van der Waals surface area (Å²) in [6.45, 7) is 6.47. The van der Waals surface area contributed by atoms with Crippen molar-refractivity contribution in [2.24, 2.45) is 0 Å². The molecule has 2 aromatic carbocycles. The number of carbonyl (C=O) groups is 2. The van der Waals surface area contributed by atoms with E-state index in [9.17, 15) is 9.59 Å². The van der Waals surface area contributed by atoms with Crippen molar-refractivity contribution < 1.29 is 28.5 Å². The van der Waals surface area contributed by atoms with Gasteiger partial charge >= 0.3 is 11.9 Å². The second kappa shape index (κ2) is 11.6. The third kappa shape index (κ3) is 7.63. The van der Waals surface area contributed by atoms with Crippen LogP contribution in [0.1, 0.15) is 22.8 Å². The zero-order valence-corrected chi connectivity index (χ0v) is 15.9. The van der Waals surface area contributed by atoms with Crippen LogP contribution in [0.15, 0.2) is 66.7 Å². The summed E-state index contributed by atoms with van der Waals surface area (Å²) in [5.41, 5.74) is 1.75. The molecule has 0 radical (unpaired) electrons. The Hall–Kier alpha value is -3.12. The fourth-order valence-electron chi connectivity index (χ4n) is 2.13. The maximum atomic E-state index is 12.1. The SMILES string of the molecule is C=C(C)C(=O)OCCOCCOc1ccc(C(=O)OCc2ccccc2)cc1. The Balaban J connectivity index is 1.62. The molecule has 0 bridgehead atoms. The number of carbonyl (C=O) groups excluding carboxylic acids is 2. The number of rotatable bonds is 11. The van der Waals surface area contributed by atoms with Gasteiger partial charge in [0, 0.05) is 5.57 Å². The molecular weight excluding hydrogens is 360 g/mol. The first-order valence-electron chi connectivity index (χ1n) is 8.90. The molecule has 0 unspecified atom stereocenters. The molecule has 0 aliphatic heterocycles. The molecule has 0 saturated heterocycles. The Labute approximate surface area is 164 Å². The molecule has 0 saturated carbocycles. The van der Waals surface area contributed by atoms with Gasteiger partial charge in [-0.25, -0.2) is 9.59 Å². The summed E-state index contributed by atoms with van der Waals surface area (Å²) in [5, 5.41) is 0. The van der Waals surface area contributed by atoms with E-state index in [0.29, 0.717) is 30.1 Å². The smallest absolute Gasteiger partial charge is 0.338 e. The van der Waals surface area contributed by atoms with Crippen LogP contribution in [0.5, 0.6) is 5.75 Å². The van der Waals surface area contributed by atoms with E-state index in [-0.39, 0.29) is 25.8 Å². The molecule has 0 heterocycles. The van der Waals surface area contributed by atoms with Crippen LogP contribution in [0.4, 0.5) is 0 Å². The molecule has 2 aromatic rings. The van der Waals surface area contributed by atoms with Crippen LogP contribution in [-0.4, -0.2) is 38.4 Å². The van der Waals surface area contributed by atoms with Crippen LogP contribution in [0, 0.1) is 0 Å². The van der Waals surface area contributed by atoms with Gasteiger partial charge in [0.1, 0.15) is 25.6 Å². The Kier molecular flexibility index (Phi) is 8.75. The Bertz CT molecular complexity index is 767. The van der Waals surface area contributed by atoms with Crippen LogP contribution >= 0.6 is 0 Å². The predicted octanol–water partition coefficient (Wildman–Crippen LogP) is 3.56. The van der Waals surface area contributed by atoms with Crippen molar-refractivity contribution >= 4 is 11.9 Å². The minimum absolute atomic E-state index is 0.172. The fourth-order valence-corrected chi connectivity index (χ4v) is 2.13. The summed E-state index contributed by atoms with van der Waals surface area (Å²) < 4.78 is 21.0. The molecule has 0 aromatic heterocycles. The second-order valence-electron chi connectivity index (χ2n) is 5.96. The van der Waals surface area contributed by atoms with Crippen molar-refractivity contribution in [2.45, 2.75) is 13.5 Å². The van der Waals surface area contributed by atoms with Gasteiger partial charge in [-0.05, 0) is 36.8 Å². The average molecular weight is 384 g/mol. The van der Waals surface area contributed by atoms with Gasteiger partial charge in [0.2, 0.25) is 0 Å². The molecular formula is C22H24O6. The largest absolute Gasteiger partial charge is 0.491 e. The van der Waals surface area contributed by atoms with Crippen molar-refractivity contribution in [3.05, 3.63) is 77.9 Å². The van der Waals surface area contributed by atoms with Crippen molar-refractivity contribution in [1.82, 2.24) is 0 Å². The van der Waals surface area contributed by atoms with Gasteiger partial charge in [-0.3, -0.25) is 0 Å². The van der Waals surface area contributed by atoms with Crippen LogP contribution in [0.3, 0.4) is 0 Å². The first kappa shape index (κ1) is 21.2. The van der Waals surface area contributed by atoms with Crippen molar-refractivity contribution in [3.8, 4) is 5.75 Å². The van der Waals surface area contributed by atoms with E-state index in [1.807, 2.05) is 30.3 Å². The van der Waals surface area contributed by atoms with Gasteiger partial charge < -0.3 is 18.9 Å². The zero-order valence-electron chi connectivity index (χ0n) is 15.9. The van der Waals surface area contributed by atoms with Crippen molar-refractivity contribution in [2.75, 3.05) is 26.4 Å². The summed E-state index contributed by atoms with van der Waals surface area (Å²) >= 11 is 0. The summed E-state index contributed by atoms with van der Waals surface area (Å²) in [4.78, 5) is 23.2. The maximum Gasteiger partial charge on any atom is 0.338 e. The van der Waals surface area contributed by atoms with Crippen LogP contribution < -0.4 is 4.74 Å². The standard InChI is InChI=1S/C22H24O6/c1-17(2)21(23)27-15-13-25-12-14-26-20-10-8-19(9-11-20)22(24)28-16-18-6-4-3-5-7-18/h3-11H,1,12-16H2,2H3. The molecule has 6 nitrogen and oxygen atoms in total. The summed E-state index contributed by atoms with van der Waals surface area (Å²) in [6.07, 6.45) is 0. The van der Waals surface area contributed by atoms with E-state index in [2.05, 4.69) is 6.58 Å². The number of hydrogen-bond donors (Lipinski definition) is 0. The number of benzene rings is 2. The van der Waals surface area contributed by atoms with Gasteiger partial charge in [-0.1, -0.05) is 36.9 Å². The van der Waals surface area contributed by atoms with E-state index >= 15 is 0 Å². The zero-order chi connectivity index (χ0) is 20.2. The van der Waals surface area contributed by atoms with Crippen LogP contribution in [0.2, 0.25) is 0 Å². The molecule has 0 aliphatic rings. The lowest BCUT2D eigenvalue weighted by atomic mass is 10.2. The van der Waals surface area contributed by atoms with E-state index < -0.39 is 5.97 Å². The highest BCUT2D eigenvalue weighted by Gasteiger charge is 2.07. The first-order valence-corrected chi connectivity index (χ1v) is 8.90. The lowest BCUT2D eigenvalue weighted by Crippen LogP contribution is -2.13. The molecule has 148 valence electrons. The molecule has 0 spiro atoms. The lowest BCUT2D eigenvalue weighted by molar-refractivity contribution is -0.140. The topological polar surface area (TPSA) is 71.1 Å². The number of hydrogen-bond acceptors (Lipinski definition) is 6. The van der Waals surface area contributed by atoms with Gasteiger partial charge in [0.25, 0.3) is 0 Å². The molecule has 28 heavy (non-hydrogen) atoms. The maximum absolute atomic E-state index is 12.1. The summed E-state index contributed by atoms with van der Waals surface area (Å²) in [5.74, 6) is -0.192. The molecule has 0 atom stereocenters. The Morgan fingerprint density at radius 1 is 0.857 bits per heavy atom. The van der Waals surface area contributed by atoms with Gasteiger partial charge in [-0.15, -0.1) is 0 Å². The van der Waals surface area contributed by atoms with Gasteiger partial charge in [-0.2, -0.15) is 0 Å². The highest BCUT2D eigenvalue weighted by atomic mass is 16.6. The van der Waals surface area contributed by atoms with Crippen molar-refractivity contribution in [3.63, 3.8) is 0 Å². The second-order valence-corrected chi connectivity index (χ2v) is 5.96. The quantitative estimate of drug-likeness (QED) is 0.335. The molecule has 0 N–H and O–H groups in total. The van der Waals surface area contributed by atoms with Gasteiger partial charge in [0.05, 0.1) is 18.8 Å². The Morgan fingerprint density at radius 2 is 1.54 bits per heavy atom. The molecule has 6 heteroatoms. The minimum Gasteiger partial charge on any atom is -0.491 e. The van der Waals surface area contributed by atoms with E-state index in [4.69, 9.17) is 18.9 Å². The predicted molar refractivity (Wildman–Crippen MR) is 104 cm³/mol. The van der Waals surface area contributed by atoms with Crippen LogP contribution in [-0.2, 0) is 25.6 Å². The monoisotopic (exact) mass is 384 g/mol. The number of esters is 2. The Morgan fingerprint density at radius 3 is 2.21 bits per heavy atom. The molecule has 0 fully saturated rings. The van der Waals surface area contributed by atoms with Crippen molar-refractivity contribution in [1.29, 1.82) is 0 Å². The highest BCUT2D eigenvalue weighted by molar-refractivity contribution is 5.89. The highest BCUT2D eigenvalue weighted by Crippen LogP contribution is 2.13. The summed E-state index contributed by atoms with van der Waals surface area (Å²) in [6, 6.07) is 16.2. The van der Waals surface area contributed by atoms with E-state index in [1.165, 1.54) is 0 Å². The number of ether oxygens (including phenoxy) is 4. The van der Waals surface area contributed by atoms with E-state index in [1.54, 1.807) is 31.2 Å². The molecule has 2 rings (SSSR count). The third-order valence-corrected chi connectivity index (χ3v) is 3.61. The molecule has 0 amide bonds. The fraction of sp³-hybridized carbons (Fsp3) is 0.273. The summed E-state index contributed by atoms with van der Waals surface area (Å²) in [7, 11) is 0. The van der Waals surface area contributed by atoms with E-state index in [0.717, 1.165) is 5.56 Å². The lowest BCUT2D eigenvalue weighted by Gasteiger charge is -2.09. The third-order valence-electron chi connectivity index (χ3n) is 3.61. The van der Waals surface area contributed by atoms with Crippen LogP contribution in [0.25, 0.3) is 0 Å². The first-order chi connectivity index (χ1) is 13.6. The minimum atomic E-state index is -0.428. The molecule has 0 aliphatic carbocycles. The normalized spacial score (nSPS) is 10.2.